The summed E-state index contributed by atoms with van der Waals surface area (Å²) in [7, 11) is 0. The van der Waals surface area contributed by atoms with Crippen LogP contribution in [0.3, 0.4) is 0 Å². The molecule has 2 rings (SSSR count). The minimum Gasteiger partial charge on any atom is -0.393 e. The van der Waals surface area contributed by atoms with Crippen molar-refractivity contribution < 1.29 is 5.11 Å². The lowest BCUT2D eigenvalue weighted by atomic mass is 10.1. The molecule has 0 bridgehead atoms. The van der Waals surface area contributed by atoms with Crippen molar-refractivity contribution in [1.82, 2.24) is 9.97 Å². The number of rotatable bonds is 4. The van der Waals surface area contributed by atoms with Gasteiger partial charge in [0.1, 0.15) is 11.0 Å². The third-order valence-corrected chi connectivity index (χ3v) is 3.76. The summed E-state index contributed by atoms with van der Waals surface area (Å²) >= 11 is 7.36. The first-order chi connectivity index (χ1) is 8.19. The van der Waals surface area contributed by atoms with E-state index in [0.29, 0.717) is 16.2 Å². The molecule has 1 fully saturated rings. The van der Waals surface area contributed by atoms with Crippen LogP contribution in [0.5, 0.6) is 0 Å². The van der Waals surface area contributed by atoms with Gasteiger partial charge in [-0.3, -0.25) is 0 Å². The fourth-order valence-corrected chi connectivity index (χ4v) is 2.68. The molecule has 17 heavy (non-hydrogen) atoms. The molecule has 0 radical (unpaired) electrons. The first-order valence-electron chi connectivity index (χ1n) is 5.69. The highest BCUT2D eigenvalue weighted by atomic mass is 35.5. The summed E-state index contributed by atoms with van der Waals surface area (Å²) < 4.78 is 0. The lowest BCUT2D eigenvalue weighted by Crippen LogP contribution is -2.22. The number of nitrogens with one attached hydrogen (secondary N) is 1. The number of aliphatic hydroxyl groups is 1. The van der Waals surface area contributed by atoms with Gasteiger partial charge < -0.3 is 10.4 Å². The van der Waals surface area contributed by atoms with Crippen molar-refractivity contribution in [2.75, 3.05) is 18.1 Å². The van der Waals surface area contributed by atoms with Crippen LogP contribution in [-0.2, 0) is 0 Å². The number of aromatic nitrogens is 2. The molecule has 1 aliphatic rings. The van der Waals surface area contributed by atoms with Gasteiger partial charge in [0.05, 0.1) is 6.10 Å². The zero-order chi connectivity index (χ0) is 12.3. The van der Waals surface area contributed by atoms with Crippen molar-refractivity contribution in [3.05, 3.63) is 11.2 Å². The zero-order valence-corrected chi connectivity index (χ0v) is 11.3. The monoisotopic (exact) mass is 273 g/mol. The average molecular weight is 274 g/mol. The van der Waals surface area contributed by atoms with E-state index < -0.39 is 0 Å². The fourth-order valence-electron chi connectivity index (χ4n) is 2.07. The molecule has 1 aromatic heterocycles. The third-order valence-electron chi connectivity index (χ3n) is 3.02. The minimum absolute atomic E-state index is 0.181. The molecule has 0 amide bonds. The molecule has 2 unspecified atom stereocenters. The van der Waals surface area contributed by atoms with Crippen molar-refractivity contribution in [2.45, 2.75) is 30.5 Å². The SMILES string of the molecule is CSc1nc(Cl)cc(NCC2CCCC2O)n1. The van der Waals surface area contributed by atoms with Gasteiger partial charge in [0, 0.05) is 18.5 Å². The Morgan fingerprint density at radius 3 is 3.00 bits per heavy atom. The summed E-state index contributed by atoms with van der Waals surface area (Å²) in [5.41, 5.74) is 0. The predicted octanol–water partition coefficient (Wildman–Crippen LogP) is 2.42. The Morgan fingerprint density at radius 1 is 1.53 bits per heavy atom. The van der Waals surface area contributed by atoms with Crippen LogP contribution in [0.25, 0.3) is 0 Å². The van der Waals surface area contributed by atoms with Crippen LogP contribution in [0.15, 0.2) is 11.2 Å². The Kier molecular flexibility index (Phi) is 4.48. The summed E-state index contributed by atoms with van der Waals surface area (Å²) in [5.74, 6) is 1.05. The van der Waals surface area contributed by atoms with Gasteiger partial charge in [0.15, 0.2) is 5.16 Å². The molecule has 0 aliphatic heterocycles. The minimum atomic E-state index is -0.181. The average Bonchev–Trinajstić information content (AvgIpc) is 2.71. The van der Waals surface area contributed by atoms with Gasteiger partial charge >= 0.3 is 0 Å². The fraction of sp³-hybridized carbons (Fsp3) is 0.636. The summed E-state index contributed by atoms with van der Waals surface area (Å²) in [4.78, 5) is 8.39. The highest BCUT2D eigenvalue weighted by Gasteiger charge is 2.24. The second-order valence-electron chi connectivity index (χ2n) is 4.20. The summed E-state index contributed by atoms with van der Waals surface area (Å²) in [6.07, 6.45) is 4.82. The highest BCUT2D eigenvalue weighted by Crippen LogP contribution is 2.26. The number of aliphatic hydroxyl groups excluding tert-OH is 1. The largest absolute Gasteiger partial charge is 0.393 e. The van der Waals surface area contributed by atoms with Crippen molar-refractivity contribution in [1.29, 1.82) is 0 Å². The molecule has 1 heterocycles. The number of halogens is 1. The van der Waals surface area contributed by atoms with E-state index in [1.807, 2.05) is 6.26 Å². The van der Waals surface area contributed by atoms with Gasteiger partial charge in [-0.15, -0.1) is 0 Å². The predicted molar refractivity (Wildman–Crippen MR) is 70.7 cm³/mol. The molecule has 2 atom stereocenters. The van der Waals surface area contributed by atoms with Gasteiger partial charge in [-0.25, -0.2) is 9.97 Å². The first kappa shape index (κ1) is 12.9. The maximum atomic E-state index is 9.72. The molecular weight excluding hydrogens is 258 g/mol. The number of hydrogen-bond donors (Lipinski definition) is 2. The molecular formula is C11H16ClN3OS. The molecule has 6 heteroatoms. The topological polar surface area (TPSA) is 58.0 Å². The normalized spacial score (nSPS) is 23.9. The van der Waals surface area contributed by atoms with Crippen LogP contribution in [0, 0.1) is 5.92 Å². The zero-order valence-electron chi connectivity index (χ0n) is 9.69. The van der Waals surface area contributed by atoms with Crippen LogP contribution in [0.2, 0.25) is 5.15 Å². The molecule has 0 spiro atoms. The van der Waals surface area contributed by atoms with E-state index in [1.165, 1.54) is 11.8 Å². The van der Waals surface area contributed by atoms with Crippen molar-refractivity contribution in [2.24, 2.45) is 5.92 Å². The van der Waals surface area contributed by atoms with E-state index in [2.05, 4.69) is 15.3 Å². The van der Waals surface area contributed by atoms with Crippen LogP contribution < -0.4 is 5.32 Å². The van der Waals surface area contributed by atoms with Gasteiger partial charge in [-0.05, 0) is 19.1 Å². The maximum absolute atomic E-state index is 9.72. The van der Waals surface area contributed by atoms with Gasteiger partial charge in [-0.2, -0.15) is 0 Å². The van der Waals surface area contributed by atoms with E-state index >= 15 is 0 Å². The van der Waals surface area contributed by atoms with Gasteiger partial charge in [-0.1, -0.05) is 29.8 Å². The lowest BCUT2D eigenvalue weighted by Gasteiger charge is -2.15. The van der Waals surface area contributed by atoms with E-state index in [4.69, 9.17) is 11.6 Å². The Labute approximate surface area is 110 Å². The Balaban J connectivity index is 1.96. The highest BCUT2D eigenvalue weighted by molar-refractivity contribution is 7.98. The number of hydrogen-bond acceptors (Lipinski definition) is 5. The summed E-state index contributed by atoms with van der Waals surface area (Å²) in [6.45, 7) is 0.738. The molecule has 1 saturated carbocycles. The summed E-state index contributed by atoms with van der Waals surface area (Å²) in [6, 6.07) is 1.71. The summed E-state index contributed by atoms with van der Waals surface area (Å²) in [5, 5.41) is 14.0. The Bertz CT molecular complexity index is 391. The van der Waals surface area contributed by atoms with Gasteiger partial charge in [0.2, 0.25) is 0 Å². The quantitative estimate of drug-likeness (QED) is 0.501. The second-order valence-corrected chi connectivity index (χ2v) is 5.36. The van der Waals surface area contributed by atoms with Crippen molar-refractivity contribution in [3.8, 4) is 0 Å². The number of anilines is 1. The second kappa shape index (κ2) is 5.89. The first-order valence-corrected chi connectivity index (χ1v) is 7.30. The molecule has 2 N–H and O–H groups in total. The molecule has 1 aromatic rings. The van der Waals surface area contributed by atoms with E-state index in [1.54, 1.807) is 6.07 Å². The smallest absolute Gasteiger partial charge is 0.190 e. The van der Waals surface area contributed by atoms with Crippen LogP contribution in [0.1, 0.15) is 19.3 Å². The van der Waals surface area contributed by atoms with Crippen LogP contribution in [0.4, 0.5) is 5.82 Å². The van der Waals surface area contributed by atoms with Crippen LogP contribution in [-0.4, -0.2) is 34.0 Å². The molecule has 0 aromatic carbocycles. The Hall–Kier alpha value is -0.520. The molecule has 1 aliphatic carbocycles. The molecule has 0 saturated heterocycles. The van der Waals surface area contributed by atoms with E-state index in [0.717, 1.165) is 31.6 Å². The lowest BCUT2D eigenvalue weighted by molar-refractivity contribution is 0.138. The standard InChI is InChI=1S/C11H16ClN3OS/c1-17-11-14-9(12)5-10(15-11)13-6-7-3-2-4-8(7)16/h5,7-8,16H,2-4,6H2,1H3,(H,13,14,15). The van der Waals surface area contributed by atoms with Crippen LogP contribution >= 0.6 is 23.4 Å². The number of nitrogens with zero attached hydrogens (tertiary/aromatic N) is 2. The van der Waals surface area contributed by atoms with E-state index in [-0.39, 0.29) is 6.10 Å². The van der Waals surface area contributed by atoms with Crippen molar-refractivity contribution in [3.63, 3.8) is 0 Å². The van der Waals surface area contributed by atoms with Gasteiger partial charge in [0.25, 0.3) is 0 Å². The maximum Gasteiger partial charge on any atom is 0.190 e. The van der Waals surface area contributed by atoms with Crippen molar-refractivity contribution >= 4 is 29.2 Å². The van der Waals surface area contributed by atoms with E-state index in [9.17, 15) is 5.11 Å². The number of thioether (sulfide) groups is 1. The molecule has 94 valence electrons. The Morgan fingerprint density at radius 2 is 2.35 bits per heavy atom. The third kappa shape index (κ3) is 3.47. The molecule has 4 nitrogen and oxygen atoms in total.